The van der Waals surface area contributed by atoms with Crippen LogP contribution >= 0.6 is 12.0 Å². The number of phenolic OH excluding ortho intramolecular Hbond substituents is 1. The van der Waals surface area contributed by atoms with Crippen molar-refractivity contribution in [2.24, 2.45) is 10.2 Å². The van der Waals surface area contributed by atoms with E-state index < -0.39 is 38.4 Å². The SMILES string of the molecule is O=C(O)c1ccccc1/N=N/c1c(S(=O)(=O)O)cc2cc(SO)cc(Nc3nc(O)nc(N4CCOCC4)n3)c2c1O. The summed E-state index contributed by atoms with van der Waals surface area (Å²) in [5.41, 5.74) is -1.03. The average Bonchev–Trinajstić information content (AvgIpc) is 2.96. The van der Waals surface area contributed by atoms with Crippen molar-refractivity contribution in [1.82, 2.24) is 15.0 Å². The molecule has 0 radical (unpaired) electrons. The van der Waals surface area contributed by atoms with Crippen LogP contribution < -0.4 is 10.2 Å². The van der Waals surface area contributed by atoms with Crippen LogP contribution in [0.5, 0.6) is 11.8 Å². The maximum Gasteiger partial charge on any atom is 0.337 e. The quantitative estimate of drug-likeness (QED) is 0.0934. The summed E-state index contributed by atoms with van der Waals surface area (Å²) in [7, 11) is -4.99. The Balaban J connectivity index is 1.68. The van der Waals surface area contributed by atoms with Gasteiger partial charge >= 0.3 is 12.0 Å². The van der Waals surface area contributed by atoms with Crippen molar-refractivity contribution < 1.29 is 42.4 Å². The lowest BCUT2D eigenvalue weighted by Gasteiger charge is -2.26. The Kier molecular flexibility index (Phi) is 8.05. The highest BCUT2D eigenvalue weighted by Gasteiger charge is 2.25. The molecule has 18 heteroatoms. The Morgan fingerprint density at radius 1 is 1.05 bits per heavy atom. The number of hydrogen-bond acceptors (Lipinski definition) is 15. The summed E-state index contributed by atoms with van der Waals surface area (Å²) in [6.45, 7) is 1.77. The molecule has 0 unspecified atom stereocenters. The lowest BCUT2D eigenvalue weighted by molar-refractivity contribution is 0.0697. The van der Waals surface area contributed by atoms with Crippen molar-refractivity contribution in [2.45, 2.75) is 9.79 Å². The number of ether oxygens (including phenoxy) is 1. The maximum atomic E-state index is 12.3. The third-order valence-electron chi connectivity index (χ3n) is 6.05. The zero-order valence-corrected chi connectivity index (χ0v) is 22.9. The lowest BCUT2D eigenvalue weighted by Crippen LogP contribution is -2.37. The van der Waals surface area contributed by atoms with Crippen molar-refractivity contribution in [2.75, 3.05) is 36.5 Å². The minimum Gasteiger partial charge on any atom is -0.505 e. The molecule has 0 amide bonds. The van der Waals surface area contributed by atoms with E-state index in [1.165, 1.54) is 36.4 Å². The number of hydrogen-bond donors (Lipinski definition) is 6. The van der Waals surface area contributed by atoms with Crippen molar-refractivity contribution in [3.63, 3.8) is 0 Å². The topological polar surface area (TPSA) is 240 Å². The molecule has 1 fully saturated rings. The predicted octanol–water partition coefficient (Wildman–Crippen LogP) is 3.94. The molecule has 5 rings (SSSR count). The molecule has 6 N–H and O–H groups in total. The molecular formula is C24H21N7O9S2. The van der Waals surface area contributed by atoms with Gasteiger partial charge in [-0.15, -0.1) is 10.2 Å². The number of carboxylic acids is 1. The van der Waals surface area contributed by atoms with E-state index in [0.717, 1.165) is 6.07 Å². The Labute approximate surface area is 241 Å². The van der Waals surface area contributed by atoms with Crippen LogP contribution in [0.4, 0.5) is 29.0 Å². The highest BCUT2D eigenvalue weighted by molar-refractivity contribution is 7.93. The van der Waals surface area contributed by atoms with Crippen molar-refractivity contribution in [3.8, 4) is 11.8 Å². The van der Waals surface area contributed by atoms with Gasteiger partial charge in [0.1, 0.15) is 16.3 Å². The Hall–Kier alpha value is -4.62. The number of morpholine rings is 1. The zero-order valence-electron chi connectivity index (χ0n) is 21.2. The fraction of sp³-hybridized carbons (Fsp3) is 0.167. The third-order valence-corrected chi connectivity index (χ3v) is 7.36. The molecule has 16 nitrogen and oxygen atoms in total. The number of carboxylic acid groups (broad SMARTS) is 1. The van der Waals surface area contributed by atoms with E-state index in [4.69, 9.17) is 4.74 Å². The van der Waals surface area contributed by atoms with Gasteiger partial charge in [0.15, 0.2) is 5.75 Å². The number of aromatic carboxylic acids is 1. The number of rotatable bonds is 8. The summed E-state index contributed by atoms with van der Waals surface area (Å²) in [6.07, 6.45) is 0. The Morgan fingerprint density at radius 2 is 1.79 bits per heavy atom. The second-order valence-electron chi connectivity index (χ2n) is 8.71. The number of nitrogens with one attached hydrogen (secondary N) is 1. The number of aromatic hydroxyl groups is 2. The molecule has 218 valence electrons. The molecule has 1 aliphatic heterocycles. The average molecular weight is 616 g/mol. The minimum atomic E-state index is -4.99. The fourth-order valence-corrected chi connectivity index (χ4v) is 5.19. The first kappa shape index (κ1) is 28.9. The fourth-order valence-electron chi connectivity index (χ4n) is 4.18. The van der Waals surface area contributed by atoms with Gasteiger partial charge in [-0.3, -0.25) is 4.55 Å². The van der Waals surface area contributed by atoms with Gasteiger partial charge in [-0.25, -0.2) is 4.79 Å². The minimum absolute atomic E-state index is 0.0400. The number of carbonyl (C=O) groups is 1. The molecule has 1 aromatic heterocycles. The summed E-state index contributed by atoms with van der Waals surface area (Å²) in [4.78, 5) is 24.8. The molecule has 1 saturated heterocycles. The zero-order chi connectivity index (χ0) is 30.0. The summed E-state index contributed by atoms with van der Waals surface area (Å²) in [6, 6.07) is 8.63. The van der Waals surface area contributed by atoms with Crippen LogP contribution in [0.15, 0.2) is 62.5 Å². The number of nitrogens with zero attached hydrogens (tertiary/aromatic N) is 6. The number of anilines is 3. The molecule has 0 aliphatic carbocycles. The second-order valence-corrected chi connectivity index (χ2v) is 10.8. The number of fused-ring (bicyclic) bond motifs is 1. The van der Waals surface area contributed by atoms with Gasteiger partial charge in [-0.05, 0) is 35.7 Å². The number of phenols is 1. The highest BCUT2D eigenvalue weighted by atomic mass is 32.2. The van der Waals surface area contributed by atoms with Crippen molar-refractivity contribution in [1.29, 1.82) is 0 Å². The third kappa shape index (κ3) is 6.02. The standard InChI is InChI=1S/C24H21N7O9S2/c32-20-18-12(10-17(42(37,38)39)19(20)30-29-15-4-2-1-3-14(15)21(33)34)9-13(41-36)11-16(18)25-22-26-23(28-24(35)27-22)31-5-7-40-8-6-31/h1-4,9-11,32,36H,5-8H2,(H,33,34)(H,37,38,39)(H2,25,26,27,28,35)/b30-29+. The molecule has 2 heterocycles. The number of aromatic nitrogens is 3. The van der Waals surface area contributed by atoms with E-state index in [9.17, 15) is 37.6 Å². The van der Waals surface area contributed by atoms with E-state index in [1.54, 1.807) is 4.90 Å². The lowest BCUT2D eigenvalue weighted by atomic mass is 10.1. The molecule has 0 bridgehead atoms. The summed E-state index contributed by atoms with van der Waals surface area (Å²) >= 11 is 0.317. The molecule has 1 aliphatic rings. The molecule has 0 spiro atoms. The Bertz CT molecular complexity index is 1830. The first-order valence-electron chi connectivity index (χ1n) is 12.0. The highest BCUT2D eigenvalue weighted by Crippen LogP contribution is 2.46. The largest absolute Gasteiger partial charge is 0.505 e. The van der Waals surface area contributed by atoms with Crippen LogP contribution in [-0.4, -0.2) is 80.1 Å². The summed E-state index contributed by atoms with van der Waals surface area (Å²) < 4.78 is 49.6. The summed E-state index contributed by atoms with van der Waals surface area (Å²) in [5.74, 6) is -2.09. The van der Waals surface area contributed by atoms with Gasteiger partial charge in [0.05, 0.1) is 24.5 Å². The van der Waals surface area contributed by atoms with Crippen LogP contribution in [0.2, 0.25) is 0 Å². The van der Waals surface area contributed by atoms with E-state index >= 15 is 0 Å². The van der Waals surface area contributed by atoms with Gasteiger partial charge in [-0.1, -0.05) is 12.1 Å². The van der Waals surface area contributed by atoms with Gasteiger partial charge < -0.3 is 34.8 Å². The molecule has 42 heavy (non-hydrogen) atoms. The molecule has 3 aromatic carbocycles. The molecule has 4 aromatic rings. The smallest absolute Gasteiger partial charge is 0.337 e. The van der Waals surface area contributed by atoms with Crippen LogP contribution in [0, 0.1) is 0 Å². The molecular weight excluding hydrogens is 594 g/mol. The van der Waals surface area contributed by atoms with Gasteiger partial charge in [0.25, 0.3) is 10.1 Å². The molecule has 0 saturated carbocycles. The van der Waals surface area contributed by atoms with Crippen LogP contribution in [0.3, 0.4) is 0 Å². The first-order chi connectivity index (χ1) is 20.0. The van der Waals surface area contributed by atoms with E-state index in [2.05, 4.69) is 30.5 Å². The Morgan fingerprint density at radius 3 is 2.48 bits per heavy atom. The normalized spacial score (nSPS) is 14.0. The van der Waals surface area contributed by atoms with Crippen molar-refractivity contribution in [3.05, 3.63) is 48.0 Å². The predicted molar refractivity (Wildman–Crippen MR) is 149 cm³/mol. The van der Waals surface area contributed by atoms with Crippen LogP contribution in [-0.2, 0) is 14.9 Å². The first-order valence-corrected chi connectivity index (χ1v) is 14.2. The second kappa shape index (κ2) is 11.7. The van der Waals surface area contributed by atoms with Crippen LogP contribution in [0.1, 0.15) is 10.4 Å². The molecule has 0 atom stereocenters. The van der Waals surface area contributed by atoms with Gasteiger partial charge in [0.2, 0.25) is 11.9 Å². The van der Waals surface area contributed by atoms with Crippen LogP contribution in [0.25, 0.3) is 10.8 Å². The number of benzene rings is 3. The maximum absolute atomic E-state index is 12.3. The summed E-state index contributed by atoms with van der Waals surface area (Å²) in [5, 5.41) is 41.4. The van der Waals surface area contributed by atoms with E-state index in [1.807, 2.05) is 0 Å². The monoisotopic (exact) mass is 615 g/mol. The van der Waals surface area contributed by atoms with E-state index in [0.29, 0.717) is 38.3 Å². The van der Waals surface area contributed by atoms with Crippen molar-refractivity contribution >= 4 is 67.9 Å². The van der Waals surface area contributed by atoms with Gasteiger partial charge in [0, 0.05) is 35.4 Å². The number of azo groups is 1. The van der Waals surface area contributed by atoms with E-state index in [-0.39, 0.29) is 44.5 Å². The van der Waals surface area contributed by atoms with Gasteiger partial charge in [-0.2, -0.15) is 23.4 Å².